The molecular formula is C9H13N3OS. The molecule has 1 aromatic heterocycles. The molecule has 1 heterocycles. The lowest BCUT2D eigenvalue weighted by Gasteiger charge is -2.10. The van der Waals surface area contributed by atoms with Crippen molar-refractivity contribution in [2.24, 2.45) is 0 Å². The Hall–Kier alpha value is -1.49. The molecule has 0 aliphatic rings. The summed E-state index contributed by atoms with van der Waals surface area (Å²) in [5.74, 6) is 1.54. The molecule has 0 radical (unpaired) electrons. The highest BCUT2D eigenvalue weighted by Gasteiger charge is 2.02. The average molecular weight is 211 g/mol. The standard InChI is InChI=1S/C9H13N3OS/c1-6-4-5-8(13-6)7(2)11-12-9(14)10-3/h4-5,11H,2H2,1,3H3,(H2,10,12,14). The van der Waals surface area contributed by atoms with E-state index in [2.05, 4.69) is 22.7 Å². The summed E-state index contributed by atoms with van der Waals surface area (Å²) in [7, 11) is 1.73. The maximum Gasteiger partial charge on any atom is 0.184 e. The number of rotatable bonds is 3. The van der Waals surface area contributed by atoms with Gasteiger partial charge in [0.15, 0.2) is 10.9 Å². The van der Waals surface area contributed by atoms with Crippen LogP contribution in [0, 0.1) is 6.92 Å². The van der Waals surface area contributed by atoms with Gasteiger partial charge in [0.1, 0.15) is 5.76 Å². The van der Waals surface area contributed by atoms with E-state index < -0.39 is 0 Å². The molecule has 76 valence electrons. The van der Waals surface area contributed by atoms with E-state index in [0.29, 0.717) is 16.6 Å². The first-order valence-corrected chi connectivity index (χ1v) is 4.53. The third-order valence-corrected chi connectivity index (χ3v) is 1.90. The normalized spacial score (nSPS) is 9.29. The molecule has 14 heavy (non-hydrogen) atoms. The Labute approximate surface area is 88.3 Å². The fourth-order valence-electron chi connectivity index (χ4n) is 0.853. The van der Waals surface area contributed by atoms with Crippen molar-refractivity contribution >= 4 is 23.0 Å². The van der Waals surface area contributed by atoms with Crippen LogP contribution in [-0.2, 0) is 0 Å². The fourth-order valence-corrected chi connectivity index (χ4v) is 0.904. The quantitative estimate of drug-likeness (QED) is 0.517. The Morgan fingerprint density at radius 3 is 2.64 bits per heavy atom. The van der Waals surface area contributed by atoms with Crippen molar-refractivity contribution < 1.29 is 4.42 Å². The van der Waals surface area contributed by atoms with Crippen molar-refractivity contribution in [2.75, 3.05) is 7.05 Å². The summed E-state index contributed by atoms with van der Waals surface area (Å²) in [4.78, 5) is 0. The minimum atomic E-state index is 0.495. The fraction of sp³-hybridized carbons (Fsp3) is 0.222. The van der Waals surface area contributed by atoms with Crippen molar-refractivity contribution in [3.8, 4) is 0 Å². The summed E-state index contributed by atoms with van der Waals surface area (Å²) in [6, 6.07) is 3.72. The number of hydrogen-bond acceptors (Lipinski definition) is 3. The maximum atomic E-state index is 5.35. The zero-order valence-corrected chi connectivity index (χ0v) is 8.99. The molecule has 0 aromatic carbocycles. The number of hydrogen-bond donors (Lipinski definition) is 3. The van der Waals surface area contributed by atoms with E-state index in [-0.39, 0.29) is 0 Å². The zero-order valence-electron chi connectivity index (χ0n) is 8.18. The van der Waals surface area contributed by atoms with E-state index in [1.807, 2.05) is 19.1 Å². The van der Waals surface area contributed by atoms with Gasteiger partial charge in [0.2, 0.25) is 0 Å². The molecule has 0 atom stereocenters. The van der Waals surface area contributed by atoms with Crippen LogP contribution in [0.2, 0.25) is 0 Å². The molecule has 0 amide bonds. The molecule has 0 aliphatic carbocycles. The van der Waals surface area contributed by atoms with Crippen LogP contribution in [0.25, 0.3) is 5.70 Å². The van der Waals surface area contributed by atoms with Gasteiger partial charge in [0.25, 0.3) is 0 Å². The second kappa shape index (κ2) is 4.66. The summed E-state index contributed by atoms with van der Waals surface area (Å²) in [6.45, 7) is 5.67. The van der Waals surface area contributed by atoms with Gasteiger partial charge in [-0.3, -0.25) is 10.9 Å². The summed E-state index contributed by atoms with van der Waals surface area (Å²) >= 11 is 4.87. The van der Waals surface area contributed by atoms with Crippen molar-refractivity contribution in [1.29, 1.82) is 0 Å². The van der Waals surface area contributed by atoms with Gasteiger partial charge in [-0.15, -0.1) is 0 Å². The van der Waals surface area contributed by atoms with Crippen LogP contribution >= 0.6 is 12.2 Å². The predicted molar refractivity (Wildman–Crippen MR) is 60.4 cm³/mol. The monoisotopic (exact) mass is 211 g/mol. The molecule has 0 bridgehead atoms. The van der Waals surface area contributed by atoms with Crippen LogP contribution < -0.4 is 16.2 Å². The molecule has 0 unspecified atom stereocenters. The van der Waals surface area contributed by atoms with Crippen molar-refractivity contribution in [3.63, 3.8) is 0 Å². The SMILES string of the molecule is C=C(NNC(=S)NC)c1ccc(C)o1. The molecule has 0 fully saturated rings. The molecule has 4 nitrogen and oxygen atoms in total. The lowest BCUT2D eigenvalue weighted by atomic mass is 10.4. The van der Waals surface area contributed by atoms with Crippen molar-refractivity contribution in [2.45, 2.75) is 6.92 Å². The maximum absolute atomic E-state index is 5.35. The number of nitrogens with one attached hydrogen (secondary N) is 3. The van der Waals surface area contributed by atoms with E-state index in [1.54, 1.807) is 7.05 Å². The van der Waals surface area contributed by atoms with Crippen molar-refractivity contribution in [3.05, 3.63) is 30.2 Å². The van der Waals surface area contributed by atoms with Crippen LogP contribution in [0.4, 0.5) is 0 Å². The van der Waals surface area contributed by atoms with E-state index in [0.717, 1.165) is 5.76 Å². The average Bonchev–Trinajstić information content (AvgIpc) is 2.60. The van der Waals surface area contributed by atoms with Gasteiger partial charge in [-0.1, -0.05) is 6.58 Å². The van der Waals surface area contributed by atoms with E-state index in [9.17, 15) is 0 Å². The molecule has 1 rings (SSSR count). The smallest absolute Gasteiger partial charge is 0.184 e. The Morgan fingerprint density at radius 2 is 2.14 bits per heavy atom. The van der Waals surface area contributed by atoms with Gasteiger partial charge in [-0.05, 0) is 31.3 Å². The summed E-state index contributed by atoms with van der Waals surface area (Å²) in [6.07, 6.45) is 0. The molecule has 1 aromatic rings. The molecule has 5 heteroatoms. The minimum Gasteiger partial charge on any atom is -0.460 e. The number of aryl methyl sites for hydroxylation is 1. The minimum absolute atomic E-state index is 0.495. The first-order valence-electron chi connectivity index (χ1n) is 4.13. The second-order valence-corrected chi connectivity index (χ2v) is 3.13. The highest BCUT2D eigenvalue weighted by Crippen LogP contribution is 2.12. The van der Waals surface area contributed by atoms with E-state index in [1.165, 1.54) is 0 Å². The van der Waals surface area contributed by atoms with Gasteiger partial charge in [-0.2, -0.15) is 0 Å². The first kappa shape index (κ1) is 10.6. The number of thiocarbonyl (C=S) groups is 1. The lowest BCUT2D eigenvalue weighted by molar-refractivity contribution is 0.515. The van der Waals surface area contributed by atoms with Gasteiger partial charge in [-0.25, -0.2) is 0 Å². The zero-order chi connectivity index (χ0) is 10.6. The summed E-state index contributed by atoms with van der Waals surface area (Å²) in [5.41, 5.74) is 6.21. The molecule has 0 aliphatic heterocycles. The Morgan fingerprint density at radius 1 is 1.43 bits per heavy atom. The van der Waals surface area contributed by atoms with Crippen molar-refractivity contribution in [1.82, 2.24) is 16.2 Å². The molecular weight excluding hydrogens is 198 g/mol. The third kappa shape index (κ3) is 2.77. The molecule has 0 saturated heterocycles. The Balaban J connectivity index is 2.47. The van der Waals surface area contributed by atoms with Crippen LogP contribution in [0.5, 0.6) is 0 Å². The summed E-state index contributed by atoms with van der Waals surface area (Å²) < 4.78 is 5.35. The van der Waals surface area contributed by atoms with E-state index >= 15 is 0 Å². The Bertz CT molecular complexity index is 346. The van der Waals surface area contributed by atoms with Crippen LogP contribution in [-0.4, -0.2) is 12.2 Å². The first-order chi connectivity index (χ1) is 6.63. The van der Waals surface area contributed by atoms with Gasteiger partial charge in [0, 0.05) is 7.05 Å². The largest absolute Gasteiger partial charge is 0.460 e. The molecule has 0 saturated carbocycles. The van der Waals surface area contributed by atoms with Crippen LogP contribution in [0.15, 0.2) is 23.1 Å². The summed E-state index contributed by atoms with van der Waals surface area (Å²) in [5, 5.41) is 3.26. The second-order valence-electron chi connectivity index (χ2n) is 2.72. The van der Waals surface area contributed by atoms with Gasteiger partial charge in [0.05, 0.1) is 5.70 Å². The van der Waals surface area contributed by atoms with E-state index in [4.69, 9.17) is 16.6 Å². The third-order valence-electron chi connectivity index (χ3n) is 1.59. The number of hydrazine groups is 1. The molecule has 3 N–H and O–H groups in total. The van der Waals surface area contributed by atoms with Gasteiger partial charge < -0.3 is 9.73 Å². The van der Waals surface area contributed by atoms with Crippen LogP contribution in [0.1, 0.15) is 11.5 Å². The van der Waals surface area contributed by atoms with Gasteiger partial charge >= 0.3 is 0 Å². The number of furan rings is 1. The lowest BCUT2D eigenvalue weighted by Crippen LogP contribution is -2.41. The Kier molecular flexibility index (Phi) is 3.53. The highest BCUT2D eigenvalue weighted by atomic mass is 32.1. The van der Waals surface area contributed by atoms with Crippen LogP contribution in [0.3, 0.4) is 0 Å². The predicted octanol–water partition coefficient (Wildman–Crippen LogP) is 1.16. The highest BCUT2D eigenvalue weighted by molar-refractivity contribution is 7.80. The molecule has 0 spiro atoms. The topological polar surface area (TPSA) is 49.2 Å².